The molecule has 8 nitrogen and oxygen atoms in total. The van der Waals surface area contributed by atoms with Gasteiger partial charge in [-0.2, -0.15) is 0 Å². The number of ketones is 1. The van der Waals surface area contributed by atoms with Crippen molar-refractivity contribution in [2.75, 3.05) is 6.61 Å². The summed E-state index contributed by atoms with van der Waals surface area (Å²) < 4.78 is 5.12. The Morgan fingerprint density at radius 2 is 2.05 bits per heavy atom. The molecule has 0 saturated heterocycles. The minimum atomic E-state index is -0.701. The Morgan fingerprint density at radius 3 is 2.58 bits per heavy atom. The Kier molecular flexibility index (Phi) is 4.69. The van der Waals surface area contributed by atoms with E-state index >= 15 is 0 Å². The van der Waals surface area contributed by atoms with Crippen molar-refractivity contribution in [2.45, 2.75) is 6.92 Å². The second-order valence-electron chi connectivity index (χ2n) is 3.57. The lowest BCUT2D eigenvalue weighted by atomic mass is 10.1. The van der Waals surface area contributed by atoms with Crippen LogP contribution in [0, 0.1) is 20.2 Å². The molecule has 0 heterocycles. The molecule has 0 radical (unpaired) electrons. The van der Waals surface area contributed by atoms with Gasteiger partial charge in [0.25, 0.3) is 5.69 Å². The van der Waals surface area contributed by atoms with Crippen molar-refractivity contribution in [2.24, 2.45) is 0 Å². The molecule has 1 aromatic rings. The van der Waals surface area contributed by atoms with Crippen molar-refractivity contribution in [1.29, 1.82) is 0 Å². The highest BCUT2D eigenvalue weighted by Gasteiger charge is 2.11. The van der Waals surface area contributed by atoms with Gasteiger partial charge in [0.05, 0.1) is 9.85 Å². The number of Topliss-reactive ketones (excluding diaryl/α,β-unsaturated/α-hetero) is 1. The molecule has 0 aliphatic heterocycles. The monoisotopic (exact) mass is 266 g/mol. The first-order valence-electron chi connectivity index (χ1n) is 5.12. The van der Waals surface area contributed by atoms with Gasteiger partial charge in [-0.05, 0) is 13.0 Å². The number of benzene rings is 1. The Morgan fingerprint density at radius 1 is 1.37 bits per heavy atom. The van der Waals surface area contributed by atoms with E-state index in [0.717, 1.165) is 12.1 Å². The van der Waals surface area contributed by atoms with E-state index in [2.05, 4.69) is 0 Å². The predicted octanol–water partition coefficient (Wildman–Crippen LogP) is 1.81. The molecule has 0 unspecified atom stereocenters. The molecule has 1 rings (SSSR count). The van der Waals surface area contributed by atoms with Gasteiger partial charge in [0.2, 0.25) is 6.20 Å². The van der Waals surface area contributed by atoms with Crippen molar-refractivity contribution in [1.82, 2.24) is 0 Å². The third-order valence-electron chi connectivity index (χ3n) is 2.01. The summed E-state index contributed by atoms with van der Waals surface area (Å²) in [5.74, 6) is -0.0681. The van der Waals surface area contributed by atoms with Crippen LogP contribution in [-0.4, -0.2) is 22.2 Å². The molecule has 0 fully saturated rings. The van der Waals surface area contributed by atoms with Gasteiger partial charge < -0.3 is 4.74 Å². The lowest BCUT2D eigenvalue weighted by molar-refractivity contribution is -0.401. The Balaban J connectivity index is 3.10. The minimum Gasteiger partial charge on any atom is -0.485 e. The summed E-state index contributed by atoms with van der Waals surface area (Å²) in [4.78, 5) is 30.4. The summed E-state index contributed by atoms with van der Waals surface area (Å²) >= 11 is 0. The Hall–Kier alpha value is -2.77. The minimum absolute atomic E-state index is 0.159. The molecule has 0 saturated carbocycles. The number of ether oxygens (including phenoxy) is 1. The van der Waals surface area contributed by atoms with E-state index in [1.807, 2.05) is 0 Å². The normalized spacial score (nSPS) is 10.4. The molecule has 0 bridgehead atoms. The number of nitro benzene ring substituents is 1. The van der Waals surface area contributed by atoms with E-state index in [1.165, 1.54) is 19.1 Å². The molecule has 0 N–H and O–H groups in total. The van der Waals surface area contributed by atoms with Crippen LogP contribution in [0.4, 0.5) is 5.69 Å². The van der Waals surface area contributed by atoms with Crippen LogP contribution in [0.15, 0.2) is 24.4 Å². The van der Waals surface area contributed by atoms with Crippen molar-refractivity contribution < 1.29 is 19.4 Å². The summed E-state index contributed by atoms with van der Waals surface area (Å²) in [5.41, 5.74) is -0.0645. The smallest absolute Gasteiger partial charge is 0.270 e. The highest BCUT2D eigenvalue weighted by molar-refractivity contribution is 5.77. The lowest BCUT2D eigenvalue weighted by Crippen LogP contribution is -2.07. The second kappa shape index (κ2) is 6.24. The molecule has 0 aromatic heterocycles. The molecule has 0 aliphatic rings. The van der Waals surface area contributed by atoms with Crippen LogP contribution >= 0.6 is 0 Å². The molecule has 1 aromatic carbocycles. The van der Waals surface area contributed by atoms with Gasteiger partial charge in [-0.15, -0.1) is 0 Å². The fraction of sp³-hybridized carbons (Fsp3) is 0.182. The van der Waals surface area contributed by atoms with Gasteiger partial charge in [0, 0.05) is 23.8 Å². The lowest BCUT2D eigenvalue weighted by Gasteiger charge is -2.06. The van der Waals surface area contributed by atoms with Gasteiger partial charge in [-0.25, -0.2) is 0 Å². The zero-order chi connectivity index (χ0) is 14.4. The Labute approximate surface area is 107 Å². The van der Waals surface area contributed by atoms with Gasteiger partial charge in [0.1, 0.15) is 12.4 Å². The summed E-state index contributed by atoms with van der Waals surface area (Å²) in [6.07, 6.45) is 1.71. The van der Waals surface area contributed by atoms with Crippen LogP contribution in [0.1, 0.15) is 12.5 Å². The maximum atomic E-state index is 10.8. The number of carbonyl (C=O) groups excluding carboxylic acids is 1. The standard InChI is InChI=1S/C11H10N2O6/c1-8(14)7-19-11-3-2-10(13(17)18)6-9(11)4-5-12(15)16/h2-6H,7H2,1H3/b5-4+. The van der Waals surface area contributed by atoms with E-state index in [4.69, 9.17) is 4.74 Å². The number of hydrogen-bond acceptors (Lipinski definition) is 6. The maximum Gasteiger partial charge on any atom is 0.270 e. The van der Waals surface area contributed by atoms with E-state index in [9.17, 15) is 25.0 Å². The van der Waals surface area contributed by atoms with Gasteiger partial charge in [0.15, 0.2) is 5.78 Å². The highest BCUT2D eigenvalue weighted by atomic mass is 16.6. The van der Waals surface area contributed by atoms with Gasteiger partial charge >= 0.3 is 0 Å². The van der Waals surface area contributed by atoms with Crippen LogP contribution in [0.3, 0.4) is 0 Å². The molecule has 0 aliphatic carbocycles. The molecule has 100 valence electrons. The number of carbonyl (C=O) groups is 1. The summed E-state index contributed by atoms with van der Waals surface area (Å²) in [6.45, 7) is 1.11. The average Bonchev–Trinajstić information content (AvgIpc) is 2.33. The van der Waals surface area contributed by atoms with Crippen LogP contribution in [-0.2, 0) is 4.79 Å². The first-order chi connectivity index (χ1) is 8.90. The van der Waals surface area contributed by atoms with Crippen molar-refractivity contribution in [3.05, 3.63) is 50.2 Å². The van der Waals surface area contributed by atoms with E-state index in [0.29, 0.717) is 6.20 Å². The van der Waals surface area contributed by atoms with E-state index < -0.39 is 9.85 Å². The third kappa shape index (κ3) is 4.54. The molecular formula is C11H10N2O6. The quantitative estimate of drug-likeness (QED) is 0.573. The zero-order valence-corrected chi connectivity index (χ0v) is 9.94. The number of nitro groups is 2. The first-order valence-corrected chi connectivity index (χ1v) is 5.12. The summed E-state index contributed by atoms with van der Waals surface area (Å²) in [7, 11) is 0. The average molecular weight is 266 g/mol. The fourth-order valence-corrected chi connectivity index (χ4v) is 1.23. The molecule has 8 heteroatoms. The molecule has 19 heavy (non-hydrogen) atoms. The van der Waals surface area contributed by atoms with Crippen LogP contribution in [0.2, 0.25) is 0 Å². The van der Waals surface area contributed by atoms with Crippen molar-refractivity contribution in [3.8, 4) is 5.75 Å². The van der Waals surface area contributed by atoms with Gasteiger partial charge in [-0.1, -0.05) is 0 Å². The van der Waals surface area contributed by atoms with Crippen molar-refractivity contribution >= 4 is 17.5 Å². The largest absolute Gasteiger partial charge is 0.485 e. The fourth-order valence-electron chi connectivity index (χ4n) is 1.23. The zero-order valence-electron chi connectivity index (χ0n) is 9.94. The molecular weight excluding hydrogens is 256 g/mol. The maximum absolute atomic E-state index is 10.8. The highest BCUT2D eigenvalue weighted by Crippen LogP contribution is 2.25. The Bertz CT molecular complexity index is 552. The molecule has 0 atom stereocenters. The van der Waals surface area contributed by atoms with E-state index in [-0.39, 0.29) is 29.4 Å². The summed E-state index contributed by atoms with van der Waals surface area (Å²) in [6, 6.07) is 3.62. The third-order valence-corrected chi connectivity index (χ3v) is 2.01. The predicted molar refractivity (Wildman–Crippen MR) is 65.3 cm³/mol. The number of non-ortho nitro benzene ring substituents is 1. The number of nitrogens with zero attached hydrogens (tertiary/aromatic N) is 2. The van der Waals surface area contributed by atoms with Crippen LogP contribution in [0.5, 0.6) is 5.75 Å². The molecule has 0 amide bonds. The van der Waals surface area contributed by atoms with Crippen LogP contribution in [0.25, 0.3) is 6.08 Å². The SMILES string of the molecule is CC(=O)COc1ccc([N+](=O)[O-])cc1/C=C/[N+](=O)[O-]. The van der Waals surface area contributed by atoms with Gasteiger partial charge in [-0.3, -0.25) is 25.0 Å². The first kappa shape index (κ1) is 14.3. The summed E-state index contributed by atoms with van der Waals surface area (Å²) in [5, 5.41) is 20.9. The van der Waals surface area contributed by atoms with Crippen molar-refractivity contribution in [3.63, 3.8) is 0 Å². The van der Waals surface area contributed by atoms with E-state index in [1.54, 1.807) is 0 Å². The number of hydrogen-bond donors (Lipinski definition) is 0. The van der Waals surface area contributed by atoms with Crippen LogP contribution < -0.4 is 4.74 Å². The second-order valence-corrected chi connectivity index (χ2v) is 3.57. The molecule has 0 spiro atoms. The number of rotatable bonds is 6. The topological polar surface area (TPSA) is 113 Å².